The van der Waals surface area contributed by atoms with Crippen LogP contribution in [0.3, 0.4) is 0 Å². The van der Waals surface area contributed by atoms with Gasteiger partial charge in [0.15, 0.2) is 0 Å². The van der Waals surface area contributed by atoms with Crippen molar-refractivity contribution < 1.29 is 19.8 Å². The molecular formula is C13H11NO4. The number of hydrogen-bond donors (Lipinski definition) is 2. The Bertz CT molecular complexity index is 667. The van der Waals surface area contributed by atoms with Crippen molar-refractivity contribution in [3.05, 3.63) is 42.1 Å². The zero-order valence-corrected chi connectivity index (χ0v) is 9.62. The van der Waals surface area contributed by atoms with Gasteiger partial charge in [0.25, 0.3) is 5.78 Å². The molecule has 0 aliphatic heterocycles. The summed E-state index contributed by atoms with van der Waals surface area (Å²) in [5, 5.41) is 19.1. The van der Waals surface area contributed by atoms with Crippen LogP contribution in [0.5, 0.6) is 0 Å². The van der Waals surface area contributed by atoms with E-state index in [-0.39, 0.29) is 5.76 Å². The Balaban J connectivity index is 2.55. The topological polar surface area (TPSA) is 79.5 Å². The maximum atomic E-state index is 11.0. The number of aliphatic hydroxyl groups is 1. The van der Waals surface area contributed by atoms with Gasteiger partial charge in [0.2, 0.25) is 0 Å². The molecule has 18 heavy (non-hydrogen) atoms. The molecule has 0 atom stereocenters. The number of aryl methyl sites for hydroxylation is 1. The number of ketones is 1. The minimum Gasteiger partial charge on any atom is -0.507 e. The van der Waals surface area contributed by atoms with Gasteiger partial charge in [0.05, 0.1) is 0 Å². The second-order valence-corrected chi connectivity index (χ2v) is 3.87. The molecule has 0 spiro atoms. The molecule has 0 unspecified atom stereocenters. The summed E-state index contributed by atoms with van der Waals surface area (Å²) in [5.41, 5.74) is 1.32. The summed E-state index contributed by atoms with van der Waals surface area (Å²) in [6.07, 6.45) is 2.36. The highest BCUT2D eigenvalue weighted by atomic mass is 16.4. The molecule has 0 fully saturated rings. The lowest BCUT2D eigenvalue weighted by Gasteiger charge is -1.96. The summed E-state index contributed by atoms with van der Waals surface area (Å²) in [7, 11) is 1.80. The third-order valence-electron chi connectivity index (χ3n) is 2.65. The van der Waals surface area contributed by atoms with E-state index in [4.69, 9.17) is 5.11 Å². The molecule has 5 heteroatoms. The van der Waals surface area contributed by atoms with Crippen LogP contribution in [0.25, 0.3) is 16.7 Å². The van der Waals surface area contributed by atoms with Crippen molar-refractivity contribution in [3.63, 3.8) is 0 Å². The summed E-state index contributed by atoms with van der Waals surface area (Å²) in [6, 6.07) is 7.32. The minimum absolute atomic E-state index is 0.348. The van der Waals surface area contributed by atoms with Gasteiger partial charge in [0, 0.05) is 35.8 Å². The summed E-state index contributed by atoms with van der Waals surface area (Å²) >= 11 is 0. The zero-order chi connectivity index (χ0) is 13.3. The molecule has 1 aromatic carbocycles. The Labute approximate surface area is 103 Å². The first-order valence-corrected chi connectivity index (χ1v) is 5.23. The van der Waals surface area contributed by atoms with Crippen LogP contribution in [-0.2, 0) is 16.6 Å². The molecule has 1 aromatic heterocycles. The normalized spacial score (nSPS) is 11.7. The van der Waals surface area contributed by atoms with Crippen LogP contribution >= 0.6 is 0 Å². The van der Waals surface area contributed by atoms with E-state index in [0.717, 1.165) is 10.9 Å². The fourth-order valence-corrected chi connectivity index (χ4v) is 1.81. The van der Waals surface area contributed by atoms with Gasteiger partial charge in [-0.25, -0.2) is 4.79 Å². The van der Waals surface area contributed by atoms with Crippen molar-refractivity contribution in [2.24, 2.45) is 7.05 Å². The number of carbonyl (C=O) groups excluding carboxylic acids is 1. The van der Waals surface area contributed by atoms with Crippen molar-refractivity contribution in [2.75, 3.05) is 0 Å². The Morgan fingerprint density at radius 1 is 1.22 bits per heavy atom. The van der Waals surface area contributed by atoms with Gasteiger partial charge in [-0.2, -0.15) is 0 Å². The van der Waals surface area contributed by atoms with E-state index in [9.17, 15) is 14.7 Å². The number of carbonyl (C=O) groups is 2. The lowest BCUT2D eigenvalue weighted by Crippen LogP contribution is -2.09. The number of aromatic nitrogens is 1. The quantitative estimate of drug-likeness (QED) is 0.490. The smallest absolute Gasteiger partial charge is 0.376 e. The molecule has 0 saturated carbocycles. The van der Waals surface area contributed by atoms with Crippen molar-refractivity contribution in [1.82, 2.24) is 4.57 Å². The number of aliphatic carboxylic acids is 1. The fraction of sp³-hybridized carbons (Fsp3) is 0.0769. The van der Waals surface area contributed by atoms with Gasteiger partial charge in [-0.05, 0) is 6.07 Å². The van der Waals surface area contributed by atoms with Gasteiger partial charge >= 0.3 is 5.97 Å². The van der Waals surface area contributed by atoms with E-state index >= 15 is 0 Å². The summed E-state index contributed by atoms with van der Waals surface area (Å²) in [5.74, 6) is -3.10. The molecule has 0 radical (unpaired) electrons. The maximum absolute atomic E-state index is 11.0. The molecule has 0 aliphatic rings. The number of benzene rings is 1. The first-order chi connectivity index (χ1) is 8.50. The molecule has 0 aliphatic carbocycles. The average Bonchev–Trinajstić information content (AvgIpc) is 2.67. The van der Waals surface area contributed by atoms with Crippen LogP contribution in [0.2, 0.25) is 0 Å². The monoisotopic (exact) mass is 245 g/mol. The average molecular weight is 245 g/mol. The van der Waals surface area contributed by atoms with Crippen molar-refractivity contribution in [3.8, 4) is 0 Å². The van der Waals surface area contributed by atoms with E-state index in [0.29, 0.717) is 11.6 Å². The van der Waals surface area contributed by atoms with Crippen LogP contribution in [-0.4, -0.2) is 26.5 Å². The van der Waals surface area contributed by atoms with E-state index in [1.54, 1.807) is 29.9 Å². The molecule has 2 aromatic rings. The lowest BCUT2D eigenvalue weighted by atomic mass is 10.1. The standard InChI is InChI=1S/C13H11NO4/c1-14-7-9(8-4-2-3-5-10(8)14)11(15)6-12(16)13(17)18/h2-7,15H,1H3,(H,17,18)/b11-6+. The number of carboxylic acids is 1. The number of para-hydroxylation sites is 1. The second-order valence-electron chi connectivity index (χ2n) is 3.87. The SMILES string of the molecule is Cn1cc(/C(O)=C\C(=O)C(=O)O)c2ccccc21. The second kappa shape index (κ2) is 4.37. The Morgan fingerprint density at radius 3 is 2.56 bits per heavy atom. The van der Waals surface area contributed by atoms with Gasteiger partial charge in [0.1, 0.15) is 5.76 Å². The van der Waals surface area contributed by atoms with Crippen LogP contribution < -0.4 is 0 Å². The molecule has 1 heterocycles. The predicted octanol–water partition coefficient (Wildman–Crippen LogP) is 1.73. The molecule has 0 saturated heterocycles. The summed E-state index contributed by atoms with van der Waals surface area (Å²) in [6.45, 7) is 0. The number of aliphatic hydroxyl groups excluding tert-OH is 1. The van der Waals surface area contributed by atoms with Gasteiger partial charge in [-0.1, -0.05) is 18.2 Å². The number of hydrogen-bond acceptors (Lipinski definition) is 3. The third kappa shape index (κ3) is 1.98. The number of rotatable bonds is 3. The van der Waals surface area contributed by atoms with E-state index in [2.05, 4.69) is 0 Å². The zero-order valence-electron chi connectivity index (χ0n) is 9.62. The molecule has 2 N–H and O–H groups in total. The maximum Gasteiger partial charge on any atom is 0.376 e. The van der Waals surface area contributed by atoms with Gasteiger partial charge < -0.3 is 14.8 Å². The van der Waals surface area contributed by atoms with E-state index in [1.807, 2.05) is 12.1 Å². The minimum atomic E-state index is -1.60. The highest BCUT2D eigenvalue weighted by Crippen LogP contribution is 2.25. The van der Waals surface area contributed by atoms with Crippen LogP contribution in [0.4, 0.5) is 0 Å². The largest absolute Gasteiger partial charge is 0.507 e. The molecular weight excluding hydrogens is 234 g/mol. The Morgan fingerprint density at radius 2 is 1.89 bits per heavy atom. The summed E-state index contributed by atoms with van der Waals surface area (Å²) < 4.78 is 1.79. The Kier molecular flexibility index (Phi) is 2.89. The molecule has 92 valence electrons. The number of carboxylic acid groups (broad SMARTS) is 1. The van der Waals surface area contributed by atoms with Crippen LogP contribution in [0, 0.1) is 0 Å². The fourth-order valence-electron chi connectivity index (χ4n) is 1.81. The van der Waals surface area contributed by atoms with Gasteiger partial charge in [-0.15, -0.1) is 0 Å². The first-order valence-electron chi connectivity index (χ1n) is 5.23. The van der Waals surface area contributed by atoms with E-state index in [1.165, 1.54) is 0 Å². The molecule has 0 amide bonds. The molecule has 2 rings (SSSR count). The van der Waals surface area contributed by atoms with Crippen molar-refractivity contribution in [1.29, 1.82) is 0 Å². The van der Waals surface area contributed by atoms with Crippen molar-refractivity contribution >= 4 is 28.4 Å². The third-order valence-corrected chi connectivity index (χ3v) is 2.65. The number of fused-ring (bicyclic) bond motifs is 1. The van der Waals surface area contributed by atoms with E-state index < -0.39 is 11.8 Å². The Hall–Kier alpha value is -2.56. The highest BCUT2D eigenvalue weighted by molar-refractivity contribution is 6.38. The highest BCUT2D eigenvalue weighted by Gasteiger charge is 2.14. The van der Waals surface area contributed by atoms with Crippen molar-refractivity contribution in [2.45, 2.75) is 0 Å². The first kappa shape index (κ1) is 11.9. The predicted molar refractivity (Wildman–Crippen MR) is 66.2 cm³/mol. The number of nitrogens with zero attached hydrogens (tertiary/aromatic N) is 1. The summed E-state index contributed by atoms with van der Waals surface area (Å²) in [4.78, 5) is 21.5. The van der Waals surface area contributed by atoms with Crippen LogP contribution in [0.1, 0.15) is 5.56 Å². The molecule has 0 bridgehead atoms. The van der Waals surface area contributed by atoms with Gasteiger partial charge in [-0.3, -0.25) is 4.79 Å². The lowest BCUT2D eigenvalue weighted by molar-refractivity contribution is -0.146. The van der Waals surface area contributed by atoms with Crippen LogP contribution in [0.15, 0.2) is 36.5 Å². The molecule has 5 nitrogen and oxygen atoms in total.